The summed E-state index contributed by atoms with van der Waals surface area (Å²) in [5.41, 5.74) is -0.781. The zero-order chi connectivity index (χ0) is 18.1. The van der Waals surface area contributed by atoms with Crippen LogP contribution in [0.3, 0.4) is 0 Å². The molecule has 0 bridgehead atoms. The minimum Gasteiger partial charge on any atom is -0.383 e. The van der Waals surface area contributed by atoms with E-state index in [9.17, 15) is 23.6 Å². The Labute approximate surface area is 145 Å². The maximum atomic E-state index is 12.4. The third-order valence-corrected chi connectivity index (χ3v) is 5.83. The molecule has 0 heterocycles. The van der Waals surface area contributed by atoms with Gasteiger partial charge in [0.25, 0.3) is 5.69 Å². The minimum absolute atomic E-state index is 0.00876. The summed E-state index contributed by atoms with van der Waals surface area (Å²) in [6.45, 7) is -0.152. The van der Waals surface area contributed by atoms with Crippen molar-refractivity contribution in [2.75, 3.05) is 6.54 Å². The summed E-state index contributed by atoms with van der Waals surface area (Å²) in [4.78, 5) is 9.99. The Hall–Kier alpha value is -2.29. The molecule has 2 aromatic carbocycles. The zero-order valence-corrected chi connectivity index (χ0v) is 14.1. The average molecular weight is 362 g/mol. The quantitative estimate of drug-likeness (QED) is 0.579. The lowest BCUT2D eigenvalue weighted by molar-refractivity contribution is -0.384. The van der Waals surface area contributed by atoms with Crippen molar-refractivity contribution in [3.05, 3.63) is 70.3 Å². The smallest absolute Gasteiger partial charge is 0.269 e. The Bertz CT molecular complexity index is 864. The highest BCUT2D eigenvalue weighted by atomic mass is 32.2. The number of aliphatic hydroxyl groups is 1. The number of nitrogens with one attached hydrogen (secondary N) is 1. The van der Waals surface area contributed by atoms with E-state index in [0.717, 1.165) is 25.0 Å². The van der Waals surface area contributed by atoms with E-state index in [1.54, 1.807) is 24.3 Å². The predicted molar refractivity (Wildman–Crippen MR) is 91.3 cm³/mol. The van der Waals surface area contributed by atoms with Crippen molar-refractivity contribution >= 4 is 15.7 Å². The molecule has 132 valence electrons. The molecule has 1 unspecified atom stereocenters. The van der Waals surface area contributed by atoms with Crippen LogP contribution in [0, 0.1) is 16.0 Å². The molecule has 1 fully saturated rings. The summed E-state index contributed by atoms with van der Waals surface area (Å²) in [5, 5.41) is 21.7. The van der Waals surface area contributed by atoms with E-state index in [-0.39, 0.29) is 23.0 Å². The average Bonchev–Trinajstić information content (AvgIpc) is 3.46. The number of rotatable bonds is 7. The molecule has 2 aromatic rings. The van der Waals surface area contributed by atoms with Crippen LogP contribution in [0.1, 0.15) is 18.4 Å². The molecule has 1 saturated carbocycles. The van der Waals surface area contributed by atoms with Gasteiger partial charge in [-0.1, -0.05) is 30.3 Å². The minimum atomic E-state index is -3.88. The van der Waals surface area contributed by atoms with Gasteiger partial charge in [-0.25, -0.2) is 13.1 Å². The molecule has 0 aliphatic heterocycles. The number of nitro benzene ring substituents is 1. The lowest BCUT2D eigenvalue weighted by Gasteiger charge is -2.29. The van der Waals surface area contributed by atoms with Gasteiger partial charge >= 0.3 is 0 Å². The number of hydrogen-bond acceptors (Lipinski definition) is 5. The largest absolute Gasteiger partial charge is 0.383 e. The summed E-state index contributed by atoms with van der Waals surface area (Å²) in [7, 11) is -3.88. The molecular weight excluding hydrogens is 344 g/mol. The summed E-state index contributed by atoms with van der Waals surface area (Å²) < 4.78 is 27.3. The topological polar surface area (TPSA) is 110 Å². The molecule has 1 aliphatic carbocycles. The second-order valence-corrected chi connectivity index (χ2v) is 7.91. The van der Waals surface area contributed by atoms with Crippen LogP contribution in [0.5, 0.6) is 0 Å². The molecule has 0 amide bonds. The van der Waals surface area contributed by atoms with Crippen molar-refractivity contribution in [1.82, 2.24) is 4.72 Å². The van der Waals surface area contributed by atoms with Gasteiger partial charge < -0.3 is 5.11 Å². The molecule has 8 heteroatoms. The maximum absolute atomic E-state index is 12.4. The summed E-state index contributed by atoms with van der Waals surface area (Å²) in [6, 6.07) is 13.6. The Morgan fingerprint density at radius 1 is 1.12 bits per heavy atom. The fourth-order valence-electron chi connectivity index (χ4n) is 2.81. The first-order valence-corrected chi connectivity index (χ1v) is 9.33. The molecule has 25 heavy (non-hydrogen) atoms. The molecule has 0 aromatic heterocycles. The van der Waals surface area contributed by atoms with Gasteiger partial charge in [0.15, 0.2) is 0 Å². The molecular formula is C17H18N2O5S. The molecule has 0 saturated heterocycles. The molecule has 1 aliphatic rings. The fourth-order valence-corrected chi connectivity index (χ4v) is 3.88. The van der Waals surface area contributed by atoms with Crippen LogP contribution in [0.4, 0.5) is 5.69 Å². The summed E-state index contributed by atoms with van der Waals surface area (Å²) in [6.07, 6.45) is 1.68. The van der Waals surface area contributed by atoms with Crippen LogP contribution < -0.4 is 4.72 Å². The Balaban J connectivity index is 1.79. The van der Waals surface area contributed by atoms with E-state index in [1.807, 2.05) is 6.07 Å². The van der Waals surface area contributed by atoms with E-state index in [0.29, 0.717) is 5.56 Å². The van der Waals surface area contributed by atoms with Gasteiger partial charge in [-0.3, -0.25) is 10.1 Å². The third kappa shape index (κ3) is 3.71. The fraction of sp³-hybridized carbons (Fsp3) is 0.294. The number of sulfonamides is 1. The predicted octanol–water partition coefficient (Wildman–Crippen LogP) is 2.17. The Morgan fingerprint density at radius 2 is 1.72 bits per heavy atom. The van der Waals surface area contributed by atoms with E-state index in [1.165, 1.54) is 12.1 Å². The van der Waals surface area contributed by atoms with Crippen LogP contribution in [0.2, 0.25) is 0 Å². The van der Waals surface area contributed by atoms with Crippen molar-refractivity contribution in [2.24, 2.45) is 5.92 Å². The molecule has 0 radical (unpaired) electrons. The van der Waals surface area contributed by atoms with Crippen LogP contribution in [0.25, 0.3) is 0 Å². The van der Waals surface area contributed by atoms with Crippen LogP contribution in [-0.2, 0) is 15.6 Å². The number of hydrogen-bond donors (Lipinski definition) is 2. The first kappa shape index (κ1) is 17.5. The van der Waals surface area contributed by atoms with Gasteiger partial charge in [-0.05, 0) is 36.5 Å². The van der Waals surface area contributed by atoms with Crippen molar-refractivity contribution in [3.63, 3.8) is 0 Å². The number of non-ortho nitro benzene ring substituents is 1. The van der Waals surface area contributed by atoms with E-state index in [4.69, 9.17) is 0 Å². The summed E-state index contributed by atoms with van der Waals surface area (Å²) >= 11 is 0. The first-order valence-electron chi connectivity index (χ1n) is 7.85. The second-order valence-electron chi connectivity index (χ2n) is 6.14. The van der Waals surface area contributed by atoms with Gasteiger partial charge in [0.05, 0.1) is 9.82 Å². The lowest BCUT2D eigenvalue weighted by Crippen LogP contribution is -2.42. The van der Waals surface area contributed by atoms with E-state index < -0.39 is 20.5 Å². The maximum Gasteiger partial charge on any atom is 0.269 e. The van der Waals surface area contributed by atoms with Gasteiger partial charge in [0.1, 0.15) is 5.60 Å². The van der Waals surface area contributed by atoms with Crippen LogP contribution in [-0.4, -0.2) is 25.0 Å². The monoisotopic (exact) mass is 362 g/mol. The standard InChI is InChI=1S/C17H18N2O5S/c20-17(14-6-7-14,13-4-2-1-3-5-13)12-18-25(23,24)16-10-8-15(9-11-16)19(21)22/h1-5,8-11,14,18,20H,6-7,12H2. The van der Waals surface area contributed by atoms with Gasteiger partial charge in [0, 0.05) is 18.7 Å². The van der Waals surface area contributed by atoms with Gasteiger partial charge in [0.2, 0.25) is 10.0 Å². The van der Waals surface area contributed by atoms with Gasteiger partial charge in [-0.15, -0.1) is 0 Å². The summed E-state index contributed by atoms with van der Waals surface area (Å²) in [5.74, 6) is 0.00876. The SMILES string of the molecule is O=[N+]([O-])c1ccc(S(=O)(=O)NCC(O)(c2ccccc2)C2CC2)cc1. The normalized spacial score (nSPS) is 17.0. The van der Waals surface area contributed by atoms with Crippen molar-refractivity contribution < 1.29 is 18.4 Å². The molecule has 1 atom stereocenters. The molecule has 0 spiro atoms. The number of benzene rings is 2. The highest BCUT2D eigenvalue weighted by molar-refractivity contribution is 7.89. The lowest BCUT2D eigenvalue weighted by atomic mass is 9.89. The van der Waals surface area contributed by atoms with Crippen molar-refractivity contribution in [2.45, 2.75) is 23.3 Å². The van der Waals surface area contributed by atoms with Crippen molar-refractivity contribution in [1.29, 1.82) is 0 Å². The molecule has 3 rings (SSSR count). The second kappa shape index (κ2) is 6.55. The molecule has 7 nitrogen and oxygen atoms in total. The third-order valence-electron chi connectivity index (χ3n) is 4.42. The molecule has 2 N–H and O–H groups in total. The highest BCUT2D eigenvalue weighted by Gasteiger charge is 2.45. The van der Waals surface area contributed by atoms with Gasteiger partial charge in [-0.2, -0.15) is 0 Å². The van der Waals surface area contributed by atoms with Crippen LogP contribution in [0.15, 0.2) is 59.5 Å². The number of nitro groups is 1. The van der Waals surface area contributed by atoms with Crippen LogP contribution >= 0.6 is 0 Å². The van der Waals surface area contributed by atoms with Crippen molar-refractivity contribution in [3.8, 4) is 0 Å². The highest BCUT2D eigenvalue weighted by Crippen LogP contribution is 2.45. The van der Waals surface area contributed by atoms with E-state index in [2.05, 4.69) is 4.72 Å². The first-order chi connectivity index (χ1) is 11.8. The number of nitrogens with zero attached hydrogens (tertiary/aromatic N) is 1. The Morgan fingerprint density at radius 3 is 2.24 bits per heavy atom. The zero-order valence-electron chi connectivity index (χ0n) is 13.3. The Kier molecular flexibility index (Phi) is 4.59. The van der Waals surface area contributed by atoms with E-state index >= 15 is 0 Å².